The second-order valence-corrected chi connectivity index (χ2v) is 4.64. The van der Waals surface area contributed by atoms with Crippen LogP contribution in [0.15, 0.2) is 36.4 Å². The number of anilines is 2. The standard InChI is InChI=1S/C15H15ClN2O3/c1-20-12-7-6-9(8-10(12)16)18-15(19)14-11(17)4-3-5-13(14)21-2/h3-8H,17H2,1-2H3,(H,18,19). The van der Waals surface area contributed by atoms with E-state index in [4.69, 9.17) is 26.8 Å². The van der Waals surface area contributed by atoms with Gasteiger partial charge in [-0.2, -0.15) is 0 Å². The average Bonchev–Trinajstić information content (AvgIpc) is 2.46. The van der Waals surface area contributed by atoms with Crippen molar-refractivity contribution in [2.75, 3.05) is 25.3 Å². The van der Waals surface area contributed by atoms with Gasteiger partial charge in [-0.05, 0) is 30.3 Å². The molecule has 110 valence electrons. The Hall–Kier alpha value is -2.40. The average molecular weight is 307 g/mol. The van der Waals surface area contributed by atoms with Crippen LogP contribution in [-0.4, -0.2) is 20.1 Å². The first-order valence-corrected chi connectivity index (χ1v) is 6.52. The third-order valence-electron chi connectivity index (χ3n) is 2.92. The van der Waals surface area contributed by atoms with Crippen molar-refractivity contribution in [2.45, 2.75) is 0 Å². The second kappa shape index (κ2) is 6.37. The van der Waals surface area contributed by atoms with E-state index < -0.39 is 0 Å². The van der Waals surface area contributed by atoms with Crippen molar-refractivity contribution in [2.24, 2.45) is 0 Å². The molecular weight excluding hydrogens is 292 g/mol. The maximum Gasteiger partial charge on any atom is 0.261 e. The van der Waals surface area contributed by atoms with Gasteiger partial charge in [0.25, 0.3) is 5.91 Å². The van der Waals surface area contributed by atoms with E-state index in [9.17, 15) is 4.79 Å². The molecule has 0 aliphatic rings. The summed E-state index contributed by atoms with van der Waals surface area (Å²) in [5, 5.41) is 3.13. The van der Waals surface area contributed by atoms with Gasteiger partial charge in [0, 0.05) is 11.4 Å². The maximum atomic E-state index is 12.3. The number of rotatable bonds is 4. The van der Waals surface area contributed by atoms with Gasteiger partial charge in [-0.25, -0.2) is 0 Å². The van der Waals surface area contributed by atoms with Crippen LogP contribution in [0.3, 0.4) is 0 Å². The molecule has 0 atom stereocenters. The first kappa shape index (κ1) is 15.0. The lowest BCUT2D eigenvalue weighted by atomic mass is 10.1. The summed E-state index contributed by atoms with van der Waals surface area (Å²) >= 11 is 6.02. The summed E-state index contributed by atoms with van der Waals surface area (Å²) in [5.74, 6) is 0.574. The van der Waals surface area contributed by atoms with Gasteiger partial charge in [-0.3, -0.25) is 4.79 Å². The van der Waals surface area contributed by atoms with E-state index >= 15 is 0 Å². The summed E-state index contributed by atoms with van der Waals surface area (Å²) < 4.78 is 10.2. The van der Waals surface area contributed by atoms with Crippen molar-refractivity contribution < 1.29 is 14.3 Å². The van der Waals surface area contributed by atoms with Gasteiger partial charge >= 0.3 is 0 Å². The van der Waals surface area contributed by atoms with Crippen LogP contribution in [0.2, 0.25) is 5.02 Å². The summed E-state index contributed by atoms with van der Waals surface area (Å²) in [4.78, 5) is 12.3. The molecule has 0 spiro atoms. The van der Waals surface area contributed by atoms with Crippen LogP contribution in [0.1, 0.15) is 10.4 Å². The van der Waals surface area contributed by atoms with E-state index in [1.807, 2.05) is 0 Å². The molecule has 0 aliphatic carbocycles. The molecule has 1 amide bonds. The topological polar surface area (TPSA) is 73.6 Å². The highest BCUT2D eigenvalue weighted by molar-refractivity contribution is 6.32. The largest absolute Gasteiger partial charge is 0.496 e. The number of carbonyl (C=O) groups is 1. The predicted octanol–water partition coefficient (Wildman–Crippen LogP) is 3.19. The van der Waals surface area contributed by atoms with Gasteiger partial charge in [0.1, 0.15) is 17.1 Å². The Balaban J connectivity index is 2.28. The Kier molecular flexibility index (Phi) is 4.55. The summed E-state index contributed by atoms with van der Waals surface area (Å²) in [7, 11) is 3.00. The minimum Gasteiger partial charge on any atom is -0.496 e. The molecule has 0 aromatic heterocycles. The molecule has 0 saturated carbocycles. The summed E-state index contributed by atoms with van der Waals surface area (Å²) in [5.41, 5.74) is 7.00. The van der Waals surface area contributed by atoms with Crippen molar-refractivity contribution in [1.82, 2.24) is 0 Å². The predicted molar refractivity (Wildman–Crippen MR) is 83.4 cm³/mol. The fraction of sp³-hybridized carbons (Fsp3) is 0.133. The molecule has 0 unspecified atom stereocenters. The molecule has 5 nitrogen and oxygen atoms in total. The van der Waals surface area contributed by atoms with E-state index in [1.54, 1.807) is 36.4 Å². The fourth-order valence-electron chi connectivity index (χ4n) is 1.90. The summed E-state index contributed by atoms with van der Waals surface area (Å²) in [6, 6.07) is 9.99. The highest BCUT2D eigenvalue weighted by atomic mass is 35.5. The van der Waals surface area contributed by atoms with Crippen LogP contribution in [-0.2, 0) is 0 Å². The third-order valence-corrected chi connectivity index (χ3v) is 3.21. The zero-order valence-corrected chi connectivity index (χ0v) is 12.4. The molecular formula is C15H15ClN2O3. The van der Waals surface area contributed by atoms with E-state index in [0.717, 1.165) is 0 Å². The first-order chi connectivity index (χ1) is 10.1. The second-order valence-electron chi connectivity index (χ2n) is 4.23. The third kappa shape index (κ3) is 3.20. The van der Waals surface area contributed by atoms with E-state index in [1.165, 1.54) is 14.2 Å². The minimum atomic E-state index is -0.369. The lowest BCUT2D eigenvalue weighted by Gasteiger charge is -2.12. The molecule has 6 heteroatoms. The number of nitrogens with one attached hydrogen (secondary N) is 1. The fourth-order valence-corrected chi connectivity index (χ4v) is 2.16. The molecule has 2 rings (SSSR count). The minimum absolute atomic E-state index is 0.284. The van der Waals surface area contributed by atoms with Crippen molar-refractivity contribution in [1.29, 1.82) is 0 Å². The number of methoxy groups -OCH3 is 2. The number of hydrogen-bond acceptors (Lipinski definition) is 4. The number of benzene rings is 2. The van der Waals surface area contributed by atoms with Crippen molar-refractivity contribution in [3.63, 3.8) is 0 Å². The zero-order chi connectivity index (χ0) is 15.4. The molecule has 3 N–H and O–H groups in total. The first-order valence-electron chi connectivity index (χ1n) is 6.14. The highest BCUT2D eigenvalue weighted by Gasteiger charge is 2.16. The zero-order valence-electron chi connectivity index (χ0n) is 11.6. The monoisotopic (exact) mass is 306 g/mol. The summed E-state index contributed by atoms with van der Waals surface area (Å²) in [6.07, 6.45) is 0. The molecule has 0 radical (unpaired) electrons. The number of hydrogen-bond donors (Lipinski definition) is 2. The lowest BCUT2D eigenvalue weighted by molar-refractivity contribution is 0.102. The maximum absolute atomic E-state index is 12.3. The van der Waals surface area contributed by atoms with Gasteiger partial charge < -0.3 is 20.5 Å². The van der Waals surface area contributed by atoms with Crippen molar-refractivity contribution >= 4 is 28.9 Å². The van der Waals surface area contributed by atoms with Gasteiger partial charge in [0.05, 0.1) is 19.2 Å². The van der Waals surface area contributed by atoms with E-state index in [-0.39, 0.29) is 11.5 Å². The lowest BCUT2D eigenvalue weighted by Crippen LogP contribution is -2.15. The van der Waals surface area contributed by atoms with Gasteiger partial charge in [-0.15, -0.1) is 0 Å². The van der Waals surface area contributed by atoms with E-state index in [2.05, 4.69) is 5.32 Å². The molecule has 0 heterocycles. The SMILES string of the molecule is COc1ccc(NC(=O)c2c(N)cccc2OC)cc1Cl. The van der Waals surface area contributed by atoms with Crippen LogP contribution in [0.25, 0.3) is 0 Å². The van der Waals surface area contributed by atoms with Gasteiger partial charge in [-0.1, -0.05) is 17.7 Å². The van der Waals surface area contributed by atoms with Gasteiger partial charge in [0.2, 0.25) is 0 Å². The smallest absolute Gasteiger partial charge is 0.261 e. The Morgan fingerprint density at radius 3 is 2.48 bits per heavy atom. The van der Waals surface area contributed by atoms with Crippen LogP contribution in [0.5, 0.6) is 11.5 Å². The number of nitrogen functional groups attached to an aromatic ring is 1. The quantitative estimate of drug-likeness (QED) is 0.851. The number of nitrogens with two attached hydrogens (primary N) is 1. The Morgan fingerprint density at radius 1 is 1.14 bits per heavy atom. The number of halogens is 1. The molecule has 0 saturated heterocycles. The molecule has 0 bridgehead atoms. The molecule has 2 aromatic carbocycles. The molecule has 0 aliphatic heterocycles. The van der Waals surface area contributed by atoms with Crippen LogP contribution in [0, 0.1) is 0 Å². The summed E-state index contributed by atoms with van der Waals surface area (Å²) in [6.45, 7) is 0. The normalized spacial score (nSPS) is 10.0. The van der Waals surface area contributed by atoms with Crippen LogP contribution in [0.4, 0.5) is 11.4 Å². The van der Waals surface area contributed by atoms with Crippen molar-refractivity contribution in [3.8, 4) is 11.5 Å². The number of carbonyl (C=O) groups excluding carboxylic acids is 1. The van der Waals surface area contributed by atoms with E-state index in [0.29, 0.717) is 27.9 Å². The van der Waals surface area contributed by atoms with Gasteiger partial charge in [0.15, 0.2) is 0 Å². The number of ether oxygens (including phenoxy) is 2. The van der Waals surface area contributed by atoms with Crippen LogP contribution >= 0.6 is 11.6 Å². The van der Waals surface area contributed by atoms with Crippen molar-refractivity contribution in [3.05, 3.63) is 47.0 Å². The molecule has 0 fully saturated rings. The highest BCUT2D eigenvalue weighted by Crippen LogP contribution is 2.29. The van der Waals surface area contributed by atoms with Crippen LogP contribution < -0.4 is 20.5 Å². The Bertz CT molecular complexity index is 674. The Labute approximate surface area is 127 Å². The molecule has 2 aromatic rings. The number of amides is 1. The Morgan fingerprint density at radius 2 is 1.86 bits per heavy atom. The molecule has 21 heavy (non-hydrogen) atoms.